The van der Waals surface area contributed by atoms with Gasteiger partial charge >= 0.3 is 6.03 Å². The Morgan fingerprint density at radius 2 is 1.91 bits per heavy atom. The third kappa shape index (κ3) is 4.48. The standard InChI is InChI=1S/C17H19ClN2O2/c1-12(13-7-4-8-16(18)9-13)20-17(22)19-10-14-5-2-3-6-15(14)11-21/h2-9,12,21H,10-11H2,1H3,(H2,19,20,22). The highest BCUT2D eigenvalue weighted by Gasteiger charge is 2.10. The smallest absolute Gasteiger partial charge is 0.315 e. The third-order valence-electron chi connectivity index (χ3n) is 3.42. The van der Waals surface area contributed by atoms with E-state index in [0.29, 0.717) is 11.6 Å². The second kappa shape index (κ2) is 7.82. The van der Waals surface area contributed by atoms with Gasteiger partial charge in [0, 0.05) is 11.6 Å². The zero-order valence-electron chi connectivity index (χ0n) is 12.3. The van der Waals surface area contributed by atoms with Crippen LogP contribution in [0.3, 0.4) is 0 Å². The lowest BCUT2D eigenvalue weighted by Crippen LogP contribution is -2.36. The number of benzene rings is 2. The Kier molecular flexibility index (Phi) is 5.81. The molecule has 3 N–H and O–H groups in total. The lowest BCUT2D eigenvalue weighted by Gasteiger charge is -2.16. The van der Waals surface area contributed by atoms with Crippen LogP contribution in [-0.2, 0) is 13.2 Å². The largest absolute Gasteiger partial charge is 0.392 e. The van der Waals surface area contributed by atoms with Crippen LogP contribution < -0.4 is 10.6 Å². The van der Waals surface area contributed by atoms with Crippen LogP contribution in [-0.4, -0.2) is 11.1 Å². The molecule has 0 aliphatic carbocycles. The van der Waals surface area contributed by atoms with E-state index >= 15 is 0 Å². The maximum atomic E-state index is 12.0. The Balaban J connectivity index is 1.90. The minimum Gasteiger partial charge on any atom is -0.392 e. The van der Waals surface area contributed by atoms with Gasteiger partial charge in [0.15, 0.2) is 0 Å². The number of urea groups is 1. The molecule has 2 rings (SSSR count). The lowest BCUT2D eigenvalue weighted by molar-refractivity contribution is 0.237. The molecule has 116 valence electrons. The van der Waals surface area contributed by atoms with Crippen LogP contribution in [0.2, 0.25) is 5.02 Å². The summed E-state index contributed by atoms with van der Waals surface area (Å²) in [6.07, 6.45) is 0. The number of amides is 2. The third-order valence-corrected chi connectivity index (χ3v) is 3.66. The van der Waals surface area contributed by atoms with Gasteiger partial charge in [-0.05, 0) is 35.7 Å². The summed E-state index contributed by atoms with van der Waals surface area (Å²) >= 11 is 5.95. The molecular formula is C17H19ClN2O2. The molecule has 0 saturated carbocycles. The van der Waals surface area contributed by atoms with E-state index in [-0.39, 0.29) is 18.7 Å². The number of nitrogens with one attached hydrogen (secondary N) is 2. The number of halogens is 1. The van der Waals surface area contributed by atoms with E-state index in [0.717, 1.165) is 16.7 Å². The number of aliphatic hydroxyl groups is 1. The maximum absolute atomic E-state index is 12.0. The minimum atomic E-state index is -0.264. The second-order valence-electron chi connectivity index (χ2n) is 5.03. The van der Waals surface area contributed by atoms with Crippen molar-refractivity contribution in [2.24, 2.45) is 0 Å². The summed E-state index contributed by atoms with van der Waals surface area (Å²) in [5.41, 5.74) is 2.65. The van der Waals surface area contributed by atoms with E-state index in [4.69, 9.17) is 11.6 Å². The highest BCUT2D eigenvalue weighted by atomic mass is 35.5. The number of hydrogen-bond acceptors (Lipinski definition) is 2. The van der Waals surface area contributed by atoms with Gasteiger partial charge in [0.05, 0.1) is 12.6 Å². The molecule has 0 spiro atoms. The van der Waals surface area contributed by atoms with Crippen LogP contribution in [0.4, 0.5) is 4.79 Å². The maximum Gasteiger partial charge on any atom is 0.315 e. The van der Waals surface area contributed by atoms with Crippen molar-refractivity contribution in [3.05, 3.63) is 70.2 Å². The van der Waals surface area contributed by atoms with E-state index in [1.54, 1.807) is 6.07 Å². The number of rotatable bonds is 5. The summed E-state index contributed by atoms with van der Waals surface area (Å²) in [6.45, 7) is 2.22. The van der Waals surface area contributed by atoms with Gasteiger partial charge in [0.2, 0.25) is 0 Å². The topological polar surface area (TPSA) is 61.4 Å². The quantitative estimate of drug-likeness (QED) is 0.791. The van der Waals surface area contributed by atoms with Crippen LogP contribution >= 0.6 is 11.6 Å². The minimum absolute atomic E-state index is 0.0433. The van der Waals surface area contributed by atoms with Gasteiger partial charge in [-0.15, -0.1) is 0 Å². The Labute approximate surface area is 135 Å². The van der Waals surface area contributed by atoms with Crippen molar-refractivity contribution >= 4 is 17.6 Å². The van der Waals surface area contributed by atoms with Crippen molar-refractivity contribution in [3.63, 3.8) is 0 Å². The molecule has 2 aromatic carbocycles. The summed E-state index contributed by atoms with van der Waals surface area (Å²) in [4.78, 5) is 12.0. The van der Waals surface area contributed by atoms with Crippen LogP contribution in [0.25, 0.3) is 0 Å². The predicted molar refractivity (Wildman–Crippen MR) is 87.6 cm³/mol. The van der Waals surface area contributed by atoms with Gasteiger partial charge < -0.3 is 15.7 Å². The number of aliphatic hydroxyl groups excluding tert-OH is 1. The Bertz CT molecular complexity index is 646. The first-order chi connectivity index (χ1) is 10.6. The Morgan fingerprint density at radius 1 is 1.18 bits per heavy atom. The van der Waals surface area contributed by atoms with E-state index in [1.165, 1.54) is 0 Å². The highest BCUT2D eigenvalue weighted by Crippen LogP contribution is 2.17. The Hall–Kier alpha value is -2.04. The molecule has 0 aliphatic heterocycles. The predicted octanol–water partition coefficient (Wildman–Crippen LogP) is 3.39. The van der Waals surface area contributed by atoms with Crippen LogP contribution in [0.15, 0.2) is 48.5 Å². The van der Waals surface area contributed by atoms with E-state index in [1.807, 2.05) is 49.4 Å². The molecular weight excluding hydrogens is 300 g/mol. The second-order valence-corrected chi connectivity index (χ2v) is 5.47. The fraction of sp³-hybridized carbons (Fsp3) is 0.235. The first-order valence-electron chi connectivity index (χ1n) is 7.07. The molecule has 1 unspecified atom stereocenters. The summed E-state index contributed by atoms with van der Waals surface area (Å²) in [7, 11) is 0. The zero-order chi connectivity index (χ0) is 15.9. The first kappa shape index (κ1) is 16.3. The summed E-state index contributed by atoms with van der Waals surface area (Å²) in [5, 5.41) is 15.6. The fourth-order valence-electron chi connectivity index (χ4n) is 2.17. The van der Waals surface area contributed by atoms with Gasteiger partial charge in [-0.25, -0.2) is 4.79 Å². The zero-order valence-corrected chi connectivity index (χ0v) is 13.1. The molecule has 2 aromatic rings. The van der Waals surface area contributed by atoms with E-state index < -0.39 is 0 Å². The molecule has 0 radical (unpaired) electrons. The van der Waals surface area contributed by atoms with Crippen molar-refractivity contribution in [2.45, 2.75) is 26.1 Å². The van der Waals surface area contributed by atoms with Crippen LogP contribution in [0.1, 0.15) is 29.7 Å². The monoisotopic (exact) mass is 318 g/mol. The number of carbonyl (C=O) groups excluding carboxylic acids is 1. The number of carbonyl (C=O) groups is 1. The van der Waals surface area contributed by atoms with Crippen LogP contribution in [0.5, 0.6) is 0 Å². The fourth-order valence-corrected chi connectivity index (χ4v) is 2.37. The molecule has 0 bridgehead atoms. The average molecular weight is 319 g/mol. The molecule has 4 nitrogen and oxygen atoms in total. The highest BCUT2D eigenvalue weighted by molar-refractivity contribution is 6.30. The SMILES string of the molecule is CC(NC(=O)NCc1ccccc1CO)c1cccc(Cl)c1. The van der Waals surface area contributed by atoms with Crippen LogP contribution in [0, 0.1) is 0 Å². The normalized spacial score (nSPS) is 11.8. The summed E-state index contributed by atoms with van der Waals surface area (Å²) in [5.74, 6) is 0. The summed E-state index contributed by atoms with van der Waals surface area (Å²) in [6, 6.07) is 14.4. The molecule has 0 fully saturated rings. The molecule has 22 heavy (non-hydrogen) atoms. The Morgan fingerprint density at radius 3 is 2.59 bits per heavy atom. The molecule has 0 saturated heterocycles. The lowest BCUT2D eigenvalue weighted by atomic mass is 10.1. The molecule has 1 atom stereocenters. The van der Waals surface area contributed by atoms with Gasteiger partial charge in [0.25, 0.3) is 0 Å². The van der Waals surface area contributed by atoms with Crippen molar-refractivity contribution in [1.82, 2.24) is 10.6 Å². The van der Waals surface area contributed by atoms with Gasteiger partial charge in [0.1, 0.15) is 0 Å². The van der Waals surface area contributed by atoms with Crippen molar-refractivity contribution in [2.75, 3.05) is 0 Å². The first-order valence-corrected chi connectivity index (χ1v) is 7.45. The van der Waals surface area contributed by atoms with E-state index in [9.17, 15) is 9.90 Å². The van der Waals surface area contributed by atoms with Crippen molar-refractivity contribution < 1.29 is 9.90 Å². The summed E-state index contributed by atoms with van der Waals surface area (Å²) < 4.78 is 0. The van der Waals surface area contributed by atoms with Crippen molar-refractivity contribution in [3.8, 4) is 0 Å². The van der Waals surface area contributed by atoms with Gasteiger partial charge in [-0.2, -0.15) is 0 Å². The molecule has 5 heteroatoms. The molecule has 0 heterocycles. The number of hydrogen-bond donors (Lipinski definition) is 3. The van der Waals surface area contributed by atoms with E-state index in [2.05, 4.69) is 10.6 Å². The van der Waals surface area contributed by atoms with Gasteiger partial charge in [-0.3, -0.25) is 0 Å². The molecule has 0 aliphatic rings. The van der Waals surface area contributed by atoms with Gasteiger partial charge in [-0.1, -0.05) is 48.0 Å². The molecule has 2 amide bonds. The van der Waals surface area contributed by atoms with Crippen molar-refractivity contribution in [1.29, 1.82) is 0 Å². The average Bonchev–Trinajstić information content (AvgIpc) is 2.53. The molecule has 0 aromatic heterocycles.